The average Bonchev–Trinajstić information content (AvgIpc) is 2.89. The van der Waals surface area contributed by atoms with Crippen LogP contribution < -0.4 is 0 Å². The molecule has 2 rings (SSSR count). The Hall–Kier alpha value is -2.50. The largest absolute Gasteiger partial charge is 0.480 e. The number of carbonyl (C=O) groups excluding carboxylic acids is 1. The Kier molecular flexibility index (Phi) is 3.70. The smallest absolute Gasteiger partial charge is 0.329 e. The molecule has 98 valence electrons. The standard InChI is InChI=1S/C13H13N3O3/c1-9-2-4-10(5-3-9)12(17)6-11(13(18)19)16-8-14-7-15-16/h2-5,7-8,11H,6H2,1H3,(H,18,19)/t11-/m1/s1. The molecule has 19 heavy (non-hydrogen) atoms. The van der Waals surface area contributed by atoms with E-state index in [1.807, 2.05) is 19.1 Å². The number of aryl methyl sites for hydroxylation is 1. The molecule has 0 aliphatic rings. The van der Waals surface area contributed by atoms with Gasteiger partial charge >= 0.3 is 5.97 Å². The quantitative estimate of drug-likeness (QED) is 0.822. The number of carbonyl (C=O) groups is 2. The van der Waals surface area contributed by atoms with Crippen LogP contribution in [0.5, 0.6) is 0 Å². The van der Waals surface area contributed by atoms with Crippen LogP contribution >= 0.6 is 0 Å². The summed E-state index contributed by atoms with van der Waals surface area (Å²) >= 11 is 0. The van der Waals surface area contributed by atoms with Crippen LogP contribution in [0.15, 0.2) is 36.9 Å². The van der Waals surface area contributed by atoms with Crippen molar-refractivity contribution in [2.24, 2.45) is 0 Å². The molecule has 0 aliphatic carbocycles. The molecular formula is C13H13N3O3. The van der Waals surface area contributed by atoms with Crippen LogP contribution in [0, 0.1) is 6.92 Å². The Labute approximate surface area is 109 Å². The number of hydrogen-bond donors (Lipinski definition) is 1. The first-order chi connectivity index (χ1) is 9.08. The van der Waals surface area contributed by atoms with Gasteiger partial charge in [-0.3, -0.25) is 4.79 Å². The fraction of sp³-hybridized carbons (Fsp3) is 0.231. The van der Waals surface area contributed by atoms with Gasteiger partial charge in [-0.25, -0.2) is 14.5 Å². The molecule has 1 aromatic heterocycles. The lowest BCUT2D eigenvalue weighted by Crippen LogP contribution is -2.22. The van der Waals surface area contributed by atoms with Crippen molar-refractivity contribution < 1.29 is 14.7 Å². The van der Waals surface area contributed by atoms with Gasteiger partial charge in [0, 0.05) is 12.0 Å². The molecule has 0 spiro atoms. The molecular weight excluding hydrogens is 246 g/mol. The van der Waals surface area contributed by atoms with Crippen molar-refractivity contribution in [2.45, 2.75) is 19.4 Å². The van der Waals surface area contributed by atoms with Crippen LogP contribution in [-0.2, 0) is 4.79 Å². The van der Waals surface area contributed by atoms with Gasteiger partial charge < -0.3 is 5.11 Å². The third-order valence-corrected chi connectivity index (χ3v) is 2.79. The minimum atomic E-state index is -1.11. The van der Waals surface area contributed by atoms with Crippen molar-refractivity contribution in [2.75, 3.05) is 0 Å². The minimum Gasteiger partial charge on any atom is -0.480 e. The number of carboxylic acids is 1. The zero-order chi connectivity index (χ0) is 13.8. The van der Waals surface area contributed by atoms with Gasteiger partial charge in [0.25, 0.3) is 0 Å². The molecule has 0 fully saturated rings. The first-order valence-electron chi connectivity index (χ1n) is 5.74. The van der Waals surface area contributed by atoms with Gasteiger partial charge in [0.2, 0.25) is 0 Å². The number of rotatable bonds is 5. The van der Waals surface area contributed by atoms with Crippen molar-refractivity contribution in [1.29, 1.82) is 0 Å². The maximum Gasteiger partial charge on any atom is 0.329 e. The summed E-state index contributed by atoms with van der Waals surface area (Å²) in [5.41, 5.74) is 1.54. The van der Waals surface area contributed by atoms with Crippen LogP contribution in [0.3, 0.4) is 0 Å². The zero-order valence-corrected chi connectivity index (χ0v) is 10.4. The van der Waals surface area contributed by atoms with Gasteiger partial charge in [0.1, 0.15) is 12.7 Å². The molecule has 0 amide bonds. The van der Waals surface area contributed by atoms with E-state index in [-0.39, 0.29) is 12.2 Å². The molecule has 0 unspecified atom stereocenters. The van der Waals surface area contributed by atoms with Crippen LogP contribution in [0.1, 0.15) is 28.4 Å². The van der Waals surface area contributed by atoms with Crippen LogP contribution in [-0.4, -0.2) is 31.6 Å². The summed E-state index contributed by atoms with van der Waals surface area (Å²) in [5, 5.41) is 12.9. The van der Waals surface area contributed by atoms with Gasteiger partial charge in [-0.2, -0.15) is 5.10 Å². The Balaban J connectivity index is 2.16. The molecule has 1 atom stereocenters. The lowest BCUT2D eigenvalue weighted by Gasteiger charge is -2.11. The molecule has 6 nitrogen and oxygen atoms in total. The summed E-state index contributed by atoms with van der Waals surface area (Å²) in [6.45, 7) is 1.92. The number of aliphatic carboxylic acids is 1. The fourth-order valence-corrected chi connectivity index (χ4v) is 1.71. The highest BCUT2D eigenvalue weighted by Crippen LogP contribution is 2.15. The van der Waals surface area contributed by atoms with Gasteiger partial charge in [-0.1, -0.05) is 29.8 Å². The summed E-state index contributed by atoms with van der Waals surface area (Å²) in [6, 6.07) is 5.99. The van der Waals surface area contributed by atoms with E-state index >= 15 is 0 Å². The monoisotopic (exact) mass is 259 g/mol. The number of carboxylic acid groups (broad SMARTS) is 1. The highest BCUT2D eigenvalue weighted by atomic mass is 16.4. The third-order valence-electron chi connectivity index (χ3n) is 2.79. The van der Waals surface area contributed by atoms with E-state index in [9.17, 15) is 9.59 Å². The van der Waals surface area contributed by atoms with Crippen molar-refractivity contribution in [1.82, 2.24) is 14.8 Å². The molecule has 1 heterocycles. The van der Waals surface area contributed by atoms with Crippen molar-refractivity contribution in [3.8, 4) is 0 Å². The molecule has 0 saturated heterocycles. The SMILES string of the molecule is Cc1ccc(C(=O)C[C@H](C(=O)O)n2cncn2)cc1. The number of Topliss-reactive ketones (excluding diaryl/α,β-unsaturated/α-hetero) is 1. The lowest BCUT2D eigenvalue weighted by atomic mass is 10.0. The summed E-state index contributed by atoms with van der Waals surface area (Å²) in [4.78, 5) is 26.9. The van der Waals surface area contributed by atoms with Crippen LogP contribution in [0.4, 0.5) is 0 Å². The predicted octanol–water partition coefficient (Wildman–Crippen LogP) is 1.49. The Morgan fingerprint density at radius 1 is 1.32 bits per heavy atom. The van der Waals surface area contributed by atoms with E-state index in [1.165, 1.54) is 17.3 Å². The van der Waals surface area contributed by atoms with E-state index in [1.54, 1.807) is 12.1 Å². The van der Waals surface area contributed by atoms with Gasteiger partial charge in [-0.05, 0) is 6.92 Å². The van der Waals surface area contributed by atoms with Crippen LogP contribution in [0.25, 0.3) is 0 Å². The maximum atomic E-state index is 12.0. The van der Waals surface area contributed by atoms with Gasteiger partial charge in [0.15, 0.2) is 11.8 Å². The first kappa shape index (κ1) is 12.9. The Bertz CT molecular complexity index is 576. The number of benzene rings is 1. The molecule has 1 N–H and O–H groups in total. The van der Waals surface area contributed by atoms with E-state index in [2.05, 4.69) is 10.1 Å². The Morgan fingerprint density at radius 3 is 2.53 bits per heavy atom. The number of aromatic nitrogens is 3. The summed E-state index contributed by atoms with van der Waals surface area (Å²) in [6.07, 6.45) is 2.38. The van der Waals surface area contributed by atoms with Gasteiger partial charge in [-0.15, -0.1) is 0 Å². The predicted molar refractivity (Wildman–Crippen MR) is 66.8 cm³/mol. The average molecular weight is 259 g/mol. The maximum absolute atomic E-state index is 12.0. The zero-order valence-electron chi connectivity index (χ0n) is 10.4. The minimum absolute atomic E-state index is 0.151. The lowest BCUT2D eigenvalue weighted by molar-refractivity contribution is -0.141. The Morgan fingerprint density at radius 2 is 2.00 bits per heavy atom. The van der Waals surface area contributed by atoms with Crippen molar-refractivity contribution >= 4 is 11.8 Å². The van der Waals surface area contributed by atoms with Crippen molar-refractivity contribution in [3.05, 3.63) is 48.0 Å². The molecule has 6 heteroatoms. The van der Waals surface area contributed by atoms with E-state index < -0.39 is 12.0 Å². The molecule has 1 aromatic carbocycles. The number of ketones is 1. The van der Waals surface area contributed by atoms with Crippen LogP contribution in [0.2, 0.25) is 0 Å². The molecule has 0 bridgehead atoms. The highest BCUT2D eigenvalue weighted by Gasteiger charge is 2.24. The van der Waals surface area contributed by atoms with E-state index in [4.69, 9.17) is 5.11 Å². The second-order valence-corrected chi connectivity index (χ2v) is 4.22. The topological polar surface area (TPSA) is 85.1 Å². The molecule has 0 saturated carbocycles. The number of hydrogen-bond acceptors (Lipinski definition) is 4. The third kappa shape index (κ3) is 3.04. The second kappa shape index (κ2) is 5.43. The molecule has 0 aliphatic heterocycles. The fourth-order valence-electron chi connectivity index (χ4n) is 1.71. The summed E-state index contributed by atoms with van der Waals surface area (Å²) in [7, 11) is 0. The highest BCUT2D eigenvalue weighted by molar-refractivity contribution is 5.98. The first-order valence-corrected chi connectivity index (χ1v) is 5.74. The molecule has 0 radical (unpaired) electrons. The molecule has 2 aromatic rings. The van der Waals surface area contributed by atoms with E-state index in [0.29, 0.717) is 5.56 Å². The van der Waals surface area contributed by atoms with Crippen molar-refractivity contribution in [3.63, 3.8) is 0 Å². The van der Waals surface area contributed by atoms with Gasteiger partial charge in [0.05, 0.1) is 0 Å². The summed E-state index contributed by atoms with van der Waals surface area (Å²) in [5.74, 6) is -1.34. The summed E-state index contributed by atoms with van der Waals surface area (Å²) < 4.78 is 1.18. The van der Waals surface area contributed by atoms with E-state index in [0.717, 1.165) is 5.56 Å². The normalized spacial score (nSPS) is 12.1. The second-order valence-electron chi connectivity index (χ2n) is 4.22. The number of nitrogens with zero attached hydrogens (tertiary/aromatic N) is 3.